The van der Waals surface area contributed by atoms with Crippen molar-refractivity contribution in [3.8, 4) is 0 Å². The van der Waals surface area contributed by atoms with E-state index >= 15 is 0 Å². The second-order valence-corrected chi connectivity index (χ2v) is 9.05. The van der Waals surface area contributed by atoms with Crippen LogP contribution in [0.2, 0.25) is 0 Å². The number of rotatable bonds is 3. The summed E-state index contributed by atoms with van der Waals surface area (Å²) >= 11 is 0. The maximum Gasteiger partial charge on any atom is 0.230 e. The minimum absolute atomic E-state index is 0.0104. The molecule has 1 fully saturated rings. The minimum atomic E-state index is -3.21. The van der Waals surface area contributed by atoms with Gasteiger partial charge in [-0.05, 0) is 56.0 Å². The lowest BCUT2D eigenvalue weighted by Crippen LogP contribution is -2.45. The number of hydrogen-bond donors (Lipinski definition) is 0. The number of anilines is 1. The zero-order valence-electron chi connectivity index (χ0n) is 14.4. The van der Waals surface area contributed by atoms with Gasteiger partial charge in [-0.15, -0.1) is 0 Å². The van der Waals surface area contributed by atoms with Gasteiger partial charge in [-0.25, -0.2) is 8.42 Å². The van der Waals surface area contributed by atoms with E-state index in [1.807, 2.05) is 26.0 Å². The number of amides is 1. The van der Waals surface area contributed by atoms with Crippen LogP contribution < -0.4 is 4.90 Å². The molecule has 3 rings (SSSR count). The number of benzene rings is 1. The fourth-order valence-corrected chi connectivity index (χ4v) is 5.11. The van der Waals surface area contributed by atoms with E-state index in [9.17, 15) is 13.2 Å². The quantitative estimate of drug-likeness (QED) is 0.840. The van der Waals surface area contributed by atoms with Gasteiger partial charge in [0.05, 0.1) is 11.8 Å². The molecule has 0 spiro atoms. The number of carbonyl (C=O) groups is 1. The molecule has 1 aliphatic carbocycles. The molecule has 1 aliphatic heterocycles. The van der Waals surface area contributed by atoms with Gasteiger partial charge in [0.1, 0.15) is 0 Å². The van der Waals surface area contributed by atoms with Gasteiger partial charge < -0.3 is 4.90 Å². The molecule has 2 aliphatic rings. The Morgan fingerprint density at radius 3 is 2.21 bits per heavy atom. The highest BCUT2D eigenvalue weighted by atomic mass is 32.2. The normalized spacial score (nSPS) is 23.3. The Kier molecular flexibility index (Phi) is 4.81. The molecule has 1 aromatic carbocycles. The highest BCUT2D eigenvalue weighted by Crippen LogP contribution is 2.31. The predicted octanol–water partition coefficient (Wildman–Crippen LogP) is 3.53. The lowest BCUT2D eigenvalue weighted by atomic mass is 9.87. The molecule has 1 saturated carbocycles. The van der Waals surface area contributed by atoms with Crippen LogP contribution in [0, 0.1) is 19.8 Å². The third-order valence-electron chi connectivity index (χ3n) is 4.92. The third kappa shape index (κ3) is 3.72. The van der Waals surface area contributed by atoms with Crippen LogP contribution in [-0.4, -0.2) is 26.1 Å². The average Bonchev–Trinajstić information content (AvgIpc) is 2.87. The van der Waals surface area contributed by atoms with E-state index in [-0.39, 0.29) is 17.6 Å². The van der Waals surface area contributed by atoms with E-state index in [1.165, 1.54) is 11.8 Å². The van der Waals surface area contributed by atoms with Crippen molar-refractivity contribution in [2.24, 2.45) is 5.92 Å². The van der Waals surface area contributed by atoms with E-state index in [1.54, 1.807) is 11.0 Å². The van der Waals surface area contributed by atoms with Gasteiger partial charge in [0.25, 0.3) is 0 Å². The molecular weight excluding hydrogens is 322 g/mol. The molecule has 0 N–H and O–H groups in total. The Morgan fingerprint density at radius 2 is 1.67 bits per heavy atom. The molecule has 0 saturated heterocycles. The van der Waals surface area contributed by atoms with Crippen LogP contribution in [0.25, 0.3) is 0 Å². The first-order valence-electron chi connectivity index (χ1n) is 8.68. The molecule has 0 bridgehead atoms. The lowest BCUT2D eigenvalue weighted by Gasteiger charge is -2.33. The van der Waals surface area contributed by atoms with Crippen LogP contribution in [0.3, 0.4) is 0 Å². The molecule has 5 heteroatoms. The highest BCUT2D eigenvalue weighted by molar-refractivity contribution is 7.94. The third-order valence-corrected chi connectivity index (χ3v) is 6.30. The zero-order valence-corrected chi connectivity index (χ0v) is 15.2. The molecule has 1 amide bonds. The number of nitrogens with zero attached hydrogens (tertiary/aromatic N) is 1. The maximum absolute atomic E-state index is 13.2. The van der Waals surface area contributed by atoms with Crippen LogP contribution in [0.5, 0.6) is 0 Å². The first kappa shape index (κ1) is 17.2. The van der Waals surface area contributed by atoms with Crippen LogP contribution in [0.15, 0.2) is 29.7 Å². The van der Waals surface area contributed by atoms with Gasteiger partial charge in [-0.2, -0.15) is 0 Å². The Labute approximate surface area is 144 Å². The Bertz CT molecular complexity index is 741. The summed E-state index contributed by atoms with van der Waals surface area (Å²) in [4.78, 5) is 14.9. The van der Waals surface area contributed by atoms with Gasteiger partial charge in [0.2, 0.25) is 5.91 Å². The molecular formula is C19H25NO3S. The van der Waals surface area contributed by atoms with Crippen molar-refractivity contribution in [3.05, 3.63) is 40.8 Å². The number of sulfone groups is 1. The first-order chi connectivity index (χ1) is 11.4. The van der Waals surface area contributed by atoms with E-state index in [0.29, 0.717) is 0 Å². The molecule has 1 aromatic rings. The maximum atomic E-state index is 13.2. The standard InChI is InChI=1S/C19H25NO3S/c1-14-10-15(2)12-18(11-14)20(17-8-9-24(22,23)13-17)19(21)16-6-4-3-5-7-16/h8-12,16-17H,3-7,13H2,1-2H3/t17-/m1/s1. The molecule has 1 heterocycles. The van der Waals surface area contributed by atoms with Gasteiger partial charge in [0.15, 0.2) is 9.84 Å². The van der Waals surface area contributed by atoms with Gasteiger partial charge in [-0.3, -0.25) is 4.79 Å². The van der Waals surface area contributed by atoms with Crippen molar-refractivity contribution < 1.29 is 13.2 Å². The van der Waals surface area contributed by atoms with Crippen LogP contribution in [0.4, 0.5) is 5.69 Å². The Morgan fingerprint density at radius 1 is 1.04 bits per heavy atom. The van der Waals surface area contributed by atoms with Crippen LogP contribution in [-0.2, 0) is 14.6 Å². The Balaban J connectivity index is 1.97. The topological polar surface area (TPSA) is 54.5 Å². The number of aryl methyl sites for hydroxylation is 2. The average molecular weight is 347 g/mol. The van der Waals surface area contributed by atoms with E-state index in [2.05, 4.69) is 6.07 Å². The Hall–Kier alpha value is -1.62. The summed E-state index contributed by atoms with van der Waals surface area (Å²) in [6.45, 7) is 4.00. The summed E-state index contributed by atoms with van der Waals surface area (Å²) in [5.41, 5.74) is 2.97. The molecule has 24 heavy (non-hydrogen) atoms. The first-order valence-corrected chi connectivity index (χ1v) is 10.4. The van der Waals surface area contributed by atoms with Gasteiger partial charge >= 0.3 is 0 Å². The van der Waals surface area contributed by atoms with Crippen molar-refractivity contribution in [2.45, 2.75) is 52.0 Å². The summed E-state index contributed by atoms with van der Waals surface area (Å²) in [6, 6.07) is 5.62. The zero-order chi connectivity index (χ0) is 17.3. The SMILES string of the molecule is Cc1cc(C)cc(N(C(=O)C2CCCCC2)[C@@H]2C=CS(=O)(=O)C2)c1. The summed E-state index contributed by atoms with van der Waals surface area (Å²) in [6.07, 6.45) is 6.82. The monoisotopic (exact) mass is 347 g/mol. The van der Waals surface area contributed by atoms with E-state index in [4.69, 9.17) is 0 Å². The number of hydrogen-bond acceptors (Lipinski definition) is 3. The summed E-state index contributed by atoms with van der Waals surface area (Å²) in [7, 11) is -3.21. The van der Waals surface area contributed by atoms with E-state index in [0.717, 1.165) is 42.5 Å². The molecule has 4 nitrogen and oxygen atoms in total. The number of carbonyl (C=O) groups excluding carboxylic acids is 1. The van der Waals surface area contributed by atoms with Gasteiger partial charge in [-0.1, -0.05) is 25.3 Å². The molecule has 0 radical (unpaired) electrons. The summed E-state index contributed by atoms with van der Waals surface area (Å²) in [5.74, 6) is 0.0704. The largest absolute Gasteiger partial charge is 0.304 e. The summed E-state index contributed by atoms with van der Waals surface area (Å²) < 4.78 is 23.8. The fraction of sp³-hybridized carbons (Fsp3) is 0.526. The van der Waals surface area contributed by atoms with Crippen molar-refractivity contribution in [1.29, 1.82) is 0 Å². The van der Waals surface area contributed by atoms with Gasteiger partial charge in [0, 0.05) is 17.0 Å². The molecule has 0 unspecified atom stereocenters. The van der Waals surface area contributed by atoms with Crippen molar-refractivity contribution in [1.82, 2.24) is 0 Å². The highest BCUT2D eigenvalue weighted by Gasteiger charge is 2.35. The summed E-state index contributed by atoms with van der Waals surface area (Å²) in [5, 5.41) is 1.25. The lowest BCUT2D eigenvalue weighted by molar-refractivity contribution is -0.123. The molecule has 130 valence electrons. The fourth-order valence-electron chi connectivity index (χ4n) is 3.84. The predicted molar refractivity (Wildman–Crippen MR) is 96.7 cm³/mol. The molecule has 1 atom stereocenters. The minimum Gasteiger partial charge on any atom is -0.304 e. The van der Waals surface area contributed by atoms with Crippen LogP contribution in [0.1, 0.15) is 43.2 Å². The molecule has 0 aromatic heterocycles. The van der Waals surface area contributed by atoms with E-state index < -0.39 is 15.9 Å². The van der Waals surface area contributed by atoms with Crippen molar-refractivity contribution >= 4 is 21.4 Å². The van der Waals surface area contributed by atoms with Crippen molar-refractivity contribution in [3.63, 3.8) is 0 Å². The second kappa shape index (κ2) is 6.71. The smallest absolute Gasteiger partial charge is 0.230 e. The van der Waals surface area contributed by atoms with Crippen molar-refractivity contribution in [2.75, 3.05) is 10.7 Å². The van der Waals surface area contributed by atoms with Crippen LogP contribution >= 0.6 is 0 Å². The second-order valence-electron chi connectivity index (χ2n) is 7.11.